The number of Topliss-reactive ketones (excluding diaryl/α,β-unsaturated/α-hetero) is 1. The molecule has 1 aromatic rings. The Labute approximate surface area is 104 Å². The van der Waals surface area contributed by atoms with Crippen molar-refractivity contribution in [2.24, 2.45) is 0 Å². The van der Waals surface area contributed by atoms with Crippen LogP contribution in [0.1, 0.15) is 36.7 Å². The maximum absolute atomic E-state index is 12.4. The number of carbonyl (C=O) groups is 1. The van der Waals surface area contributed by atoms with Gasteiger partial charge < -0.3 is 4.74 Å². The summed E-state index contributed by atoms with van der Waals surface area (Å²) in [4.78, 5) is 11.2. The number of methoxy groups -OCH3 is 1. The van der Waals surface area contributed by atoms with E-state index in [9.17, 15) is 18.0 Å². The molecule has 0 fully saturated rings. The Morgan fingerprint density at radius 2 is 1.72 bits per heavy atom. The molecule has 18 heavy (non-hydrogen) atoms. The number of ether oxygens (including phenoxy) is 1. The third kappa shape index (κ3) is 3.03. The Morgan fingerprint density at radius 1 is 1.17 bits per heavy atom. The summed E-state index contributed by atoms with van der Waals surface area (Å²) >= 11 is 0. The molecular formula is C13H15F3O2. The van der Waals surface area contributed by atoms with Crippen molar-refractivity contribution in [3.63, 3.8) is 0 Å². The molecule has 0 saturated carbocycles. The summed E-state index contributed by atoms with van der Waals surface area (Å²) in [5, 5.41) is 0. The minimum atomic E-state index is -4.86. The molecule has 100 valence electrons. The number of halogens is 3. The predicted molar refractivity (Wildman–Crippen MR) is 62.1 cm³/mol. The number of benzene rings is 1. The highest BCUT2D eigenvalue weighted by Crippen LogP contribution is 2.33. The Kier molecular flexibility index (Phi) is 3.74. The van der Waals surface area contributed by atoms with Gasteiger partial charge in [-0.2, -0.15) is 13.2 Å². The van der Waals surface area contributed by atoms with Crippen molar-refractivity contribution in [1.82, 2.24) is 0 Å². The number of ketones is 1. The van der Waals surface area contributed by atoms with Gasteiger partial charge in [-0.1, -0.05) is 20.8 Å². The maximum atomic E-state index is 12.4. The summed E-state index contributed by atoms with van der Waals surface area (Å²) < 4.78 is 42.2. The minimum Gasteiger partial charge on any atom is -0.496 e. The van der Waals surface area contributed by atoms with Gasteiger partial charge in [0, 0.05) is 11.1 Å². The number of alkyl halides is 3. The van der Waals surface area contributed by atoms with Gasteiger partial charge in [0.2, 0.25) is 0 Å². The molecule has 0 saturated heterocycles. The molecule has 0 N–H and O–H groups in total. The van der Waals surface area contributed by atoms with Gasteiger partial charge in [-0.25, -0.2) is 0 Å². The lowest BCUT2D eigenvalue weighted by atomic mass is 9.85. The van der Waals surface area contributed by atoms with Gasteiger partial charge >= 0.3 is 6.18 Å². The number of hydrogen-bond acceptors (Lipinski definition) is 2. The Hall–Kier alpha value is -1.52. The van der Waals surface area contributed by atoms with Gasteiger partial charge in [0.15, 0.2) is 0 Å². The summed E-state index contributed by atoms with van der Waals surface area (Å²) in [5.41, 5.74) is -0.207. The summed E-state index contributed by atoms with van der Waals surface area (Å²) in [6.07, 6.45) is -4.86. The van der Waals surface area contributed by atoms with Crippen LogP contribution in [0.5, 0.6) is 5.75 Å². The summed E-state index contributed by atoms with van der Waals surface area (Å²) in [7, 11) is 1.44. The van der Waals surface area contributed by atoms with E-state index in [1.54, 1.807) is 0 Å². The standard InChI is InChI=1S/C13H15F3O2/c1-12(2,3)9-7-8(5-6-10(9)18-4)11(17)13(14,15)16/h5-7H,1-4H3. The lowest BCUT2D eigenvalue weighted by molar-refractivity contribution is -0.0885. The maximum Gasteiger partial charge on any atom is 0.454 e. The molecule has 0 bridgehead atoms. The molecule has 1 aromatic carbocycles. The van der Waals surface area contributed by atoms with Crippen LogP contribution in [0.2, 0.25) is 0 Å². The molecular weight excluding hydrogens is 245 g/mol. The van der Waals surface area contributed by atoms with E-state index in [4.69, 9.17) is 4.74 Å². The number of rotatable bonds is 2. The SMILES string of the molecule is COc1ccc(C(=O)C(F)(F)F)cc1C(C)(C)C. The minimum absolute atomic E-state index is 0.367. The second-order valence-electron chi connectivity index (χ2n) is 4.99. The molecule has 5 heteroatoms. The second-order valence-corrected chi connectivity index (χ2v) is 4.99. The molecule has 0 aliphatic carbocycles. The molecule has 0 radical (unpaired) electrons. The Morgan fingerprint density at radius 3 is 2.11 bits per heavy atom. The topological polar surface area (TPSA) is 26.3 Å². The monoisotopic (exact) mass is 260 g/mol. The van der Waals surface area contributed by atoms with Crippen molar-refractivity contribution in [3.8, 4) is 5.75 Å². The lowest BCUT2D eigenvalue weighted by Crippen LogP contribution is -2.23. The third-order valence-electron chi connectivity index (χ3n) is 2.53. The van der Waals surface area contributed by atoms with Crippen LogP contribution in [-0.2, 0) is 5.41 Å². The average molecular weight is 260 g/mol. The van der Waals surface area contributed by atoms with Crippen LogP contribution < -0.4 is 4.74 Å². The molecule has 0 unspecified atom stereocenters. The van der Waals surface area contributed by atoms with E-state index in [2.05, 4.69) is 0 Å². The van der Waals surface area contributed by atoms with Gasteiger partial charge in [0.05, 0.1) is 7.11 Å². The Balaban J connectivity index is 3.32. The molecule has 0 spiro atoms. The van der Waals surface area contributed by atoms with Crippen molar-refractivity contribution >= 4 is 5.78 Å². The first-order valence-electron chi connectivity index (χ1n) is 5.37. The van der Waals surface area contributed by atoms with Gasteiger partial charge in [-0.3, -0.25) is 4.79 Å². The van der Waals surface area contributed by atoms with Gasteiger partial charge in [-0.15, -0.1) is 0 Å². The summed E-state index contributed by atoms with van der Waals surface area (Å²) in [6.45, 7) is 5.52. The van der Waals surface area contributed by atoms with Crippen molar-refractivity contribution in [3.05, 3.63) is 29.3 Å². The average Bonchev–Trinajstić information content (AvgIpc) is 2.24. The van der Waals surface area contributed by atoms with Crippen molar-refractivity contribution in [1.29, 1.82) is 0 Å². The quantitative estimate of drug-likeness (QED) is 0.757. The van der Waals surface area contributed by atoms with Crippen LogP contribution in [-0.4, -0.2) is 19.1 Å². The molecule has 0 atom stereocenters. The predicted octanol–water partition coefficient (Wildman–Crippen LogP) is 3.74. The van der Waals surface area contributed by atoms with Crippen LogP contribution in [0.15, 0.2) is 18.2 Å². The van der Waals surface area contributed by atoms with Gasteiger partial charge in [0.25, 0.3) is 5.78 Å². The van der Waals surface area contributed by atoms with Crippen molar-refractivity contribution in [2.45, 2.75) is 32.4 Å². The molecule has 0 heterocycles. The van der Waals surface area contributed by atoms with Crippen molar-refractivity contribution in [2.75, 3.05) is 7.11 Å². The molecule has 0 amide bonds. The van der Waals surface area contributed by atoms with Crippen molar-refractivity contribution < 1.29 is 22.7 Å². The lowest BCUT2D eigenvalue weighted by Gasteiger charge is -2.22. The zero-order valence-electron chi connectivity index (χ0n) is 10.7. The first-order valence-corrected chi connectivity index (χ1v) is 5.37. The molecule has 0 aliphatic rings. The highest BCUT2D eigenvalue weighted by atomic mass is 19.4. The molecule has 2 nitrogen and oxygen atoms in total. The smallest absolute Gasteiger partial charge is 0.454 e. The normalized spacial score (nSPS) is 12.4. The third-order valence-corrected chi connectivity index (χ3v) is 2.53. The molecule has 0 aromatic heterocycles. The zero-order valence-corrected chi connectivity index (χ0v) is 10.7. The van der Waals surface area contributed by atoms with E-state index < -0.39 is 17.4 Å². The van der Waals surface area contributed by atoms with Gasteiger partial charge in [0.1, 0.15) is 5.75 Å². The summed E-state index contributed by atoms with van der Waals surface area (Å²) in [6, 6.07) is 3.76. The van der Waals surface area contributed by atoms with Crippen LogP contribution in [0, 0.1) is 0 Å². The summed E-state index contributed by atoms with van der Waals surface area (Å²) in [5.74, 6) is -1.36. The van der Waals surface area contributed by atoms with Crippen LogP contribution in [0.3, 0.4) is 0 Å². The van der Waals surface area contributed by atoms with Crippen LogP contribution >= 0.6 is 0 Å². The van der Waals surface area contributed by atoms with Crippen LogP contribution in [0.25, 0.3) is 0 Å². The van der Waals surface area contributed by atoms with Gasteiger partial charge in [-0.05, 0) is 23.6 Å². The molecule has 0 aliphatic heterocycles. The van der Waals surface area contributed by atoms with E-state index >= 15 is 0 Å². The largest absolute Gasteiger partial charge is 0.496 e. The zero-order chi connectivity index (χ0) is 14.1. The first kappa shape index (κ1) is 14.5. The van der Waals surface area contributed by atoms with E-state index in [-0.39, 0.29) is 5.56 Å². The second kappa shape index (κ2) is 4.63. The van der Waals surface area contributed by atoms with E-state index in [0.717, 1.165) is 6.07 Å². The first-order chi connectivity index (χ1) is 8.07. The molecule has 1 rings (SSSR count). The fraction of sp³-hybridized carbons (Fsp3) is 0.462. The fourth-order valence-electron chi connectivity index (χ4n) is 1.60. The number of hydrogen-bond donors (Lipinski definition) is 0. The highest BCUT2D eigenvalue weighted by Gasteiger charge is 2.39. The van der Waals surface area contributed by atoms with E-state index in [1.165, 1.54) is 19.2 Å². The Bertz CT molecular complexity index is 456. The van der Waals surface area contributed by atoms with E-state index in [1.807, 2.05) is 20.8 Å². The highest BCUT2D eigenvalue weighted by molar-refractivity contribution is 6.00. The fourth-order valence-corrected chi connectivity index (χ4v) is 1.60. The van der Waals surface area contributed by atoms with Crippen LogP contribution in [0.4, 0.5) is 13.2 Å². The number of carbonyl (C=O) groups excluding carboxylic acids is 1. The van der Waals surface area contributed by atoms with E-state index in [0.29, 0.717) is 11.3 Å².